The molecule has 172 valence electrons. The van der Waals surface area contributed by atoms with Crippen LogP contribution >= 0.6 is 0 Å². The summed E-state index contributed by atoms with van der Waals surface area (Å²) in [5, 5.41) is 10.2. The fourth-order valence-electron chi connectivity index (χ4n) is 4.22. The molecule has 0 aliphatic carbocycles. The molecule has 4 rings (SSSR count). The molecular formula is C29H29N3O2. The van der Waals surface area contributed by atoms with Crippen LogP contribution < -0.4 is 4.74 Å². The lowest BCUT2D eigenvalue weighted by atomic mass is 9.99. The standard InChI is InChI=1S/C29H29N3O2/c1-5-31(6-2)29(33)34-27-14-13-26-25(28(27)24-11-9-22(18-30)10-12-24)15-16-32(26)19-23-8-7-20(3)21(4)17-23/h7-17H,5-6,19H2,1-4H3. The van der Waals surface area contributed by atoms with Crippen molar-refractivity contribution in [1.29, 1.82) is 5.26 Å². The van der Waals surface area contributed by atoms with Crippen LogP contribution in [0, 0.1) is 25.2 Å². The molecule has 5 heteroatoms. The molecule has 4 aromatic rings. The maximum atomic E-state index is 12.8. The molecule has 0 saturated carbocycles. The number of aromatic nitrogens is 1. The first-order valence-electron chi connectivity index (χ1n) is 11.6. The van der Waals surface area contributed by atoms with Gasteiger partial charge in [0, 0.05) is 42.3 Å². The lowest BCUT2D eigenvalue weighted by Crippen LogP contribution is -2.33. The van der Waals surface area contributed by atoms with Crippen molar-refractivity contribution in [3.8, 4) is 22.9 Å². The highest BCUT2D eigenvalue weighted by Crippen LogP contribution is 2.38. The van der Waals surface area contributed by atoms with E-state index >= 15 is 0 Å². The number of amides is 1. The fraction of sp³-hybridized carbons (Fsp3) is 0.241. The normalized spacial score (nSPS) is 10.8. The topological polar surface area (TPSA) is 58.3 Å². The number of carbonyl (C=O) groups excluding carboxylic acids is 1. The molecular weight excluding hydrogens is 422 g/mol. The first-order chi connectivity index (χ1) is 16.4. The summed E-state index contributed by atoms with van der Waals surface area (Å²) in [4.78, 5) is 14.4. The van der Waals surface area contributed by atoms with Crippen LogP contribution in [0.15, 0.2) is 66.9 Å². The second-order valence-corrected chi connectivity index (χ2v) is 8.46. The van der Waals surface area contributed by atoms with E-state index in [-0.39, 0.29) is 6.09 Å². The average molecular weight is 452 g/mol. The van der Waals surface area contributed by atoms with Crippen molar-refractivity contribution in [1.82, 2.24) is 9.47 Å². The minimum atomic E-state index is -0.367. The summed E-state index contributed by atoms with van der Waals surface area (Å²) in [5.74, 6) is 0.512. The van der Waals surface area contributed by atoms with Crippen molar-refractivity contribution in [2.75, 3.05) is 13.1 Å². The molecule has 0 bridgehead atoms. The Morgan fingerprint density at radius 3 is 2.35 bits per heavy atom. The van der Waals surface area contributed by atoms with Gasteiger partial charge in [0.15, 0.2) is 0 Å². The lowest BCUT2D eigenvalue weighted by molar-refractivity contribution is 0.157. The summed E-state index contributed by atoms with van der Waals surface area (Å²) in [6.45, 7) is 10.0. The molecule has 34 heavy (non-hydrogen) atoms. The molecule has 0 spiro atoms. The number of benzene rings is 3. The van der Waals surface area contributed by atoms with Gasteiger partial charge in [-0.15, -0.1) is 0 Å². The van der Waals surface area contributed by atoms with Crippen molar-refractivity contribution in [2.24, 2.45) is 0 Å². The number of nitriles is 1. The molecule has 0 radical (unpaired) electrons. The first kappa shape index (κ1) is 23.1. The van der Waals surface area contributed by atoms with E-state index < -0.39 is 0 Å². The van der Waals surface area contributed by atoms with Crippen LogP contribution in [0.5, 0.6) is 5.75 Å². The van der Waals surface area contributed by atoms with Crippen LogP contribution in [0.2, 0.25) is 0 Å². The summed E-state index contributed by atoms with van der Waals surface area (Å²) in [6, 6.07) is 22.0. The number of carbonyl (C=O) groups is 1. The van der Waals surface area contributed by atoms with Gasteiger partial charge >= 0.3 is 6.09 Å². The Hall–Kier alpha value is -4.04. The summed E-state index contributed by atoms with van der Waals surface area (Å²) in [5.41, 5.74) is 7.18. The van der Waals surface area contributed by atoms with E-state index in [2.05, 4.69) is 54.9 Å². The van der Waals surface area contributed by atoms with Gasteiger partial charge in [0.2, 0.25) is 0 Å². The zero-order valence-corrected chi connectivity index (χ0v) is 20.1. The van der Waals surface area contributed by atoms with Crippen LogP contribution in [0.1, 0.15) is 36.1 Å². The van der Waals surface area contributed by atoms with Crippen molar-refractivity contribution in [2.45, 2.75) is 34.2 Å². The van der Waals surface area contributed by atoms with Crippen LogP contribution in [0.25, 0.3) is 22.0 Å². The number of nitrogens with zero attached hydrogens (tertiary/aromatic N) is 3. The highest BCUT2D eigenvalue weighted by atomic mass is 16.6. The molecule has 0 atom stereocenters. The molecule has 0 saturated heterocycles. The predicted molar refractivity (Wildman–Crippen MR) is 136 cm³/mol. The molecule has 0 aliphatic heterocycles. The maximum Gasteiger partial charge on any atom is 0.415 e. The Morgan fingerprint density at radius 1 is 0.971 bits per heavy atom. The Bertz CT molecular complexity index is 1370. The van der Waals surface area contributed by atoms with Gasteiger partial charge in [0.1, 0.15) is 5.75 Å². The lowest BCUT2D eigenvalue weighted by Gasteiger charge is -2.20. The largest absolute Gasteiger partial charge is 0.415 e. The monoisotopic (exact) mass is 451 g/mol. The molecule has 0 unspecified atom stereocenters. The van der Waals surface area contributed by atoms with Gasteiger partial charge in [-0.2, -0.15) is 5.26 Å². The number of rotatable bonds is 6. The zero-order valence-electron chi connectivity index (χ0n) is 20.1. The maximum absolute atomic E-state index is 12.8. The Balaban J connectivity index is 1.81. The highest BCUT2D eigenvalue weighted by molar-refractivity contribution is 5.99. The van der Waals surface area contributed by atoms with Crippen LogP contribution in [-0.2, 0) is 6.54 Å². The van der Waals surface area contributed by atoms with E-state index in [9.17, 15) is 10.1 Å². The van der Waals surface area contributed by atoms with Crippen molar-refractivity contribution in [3.05, 3.63) is 89.1 Å². The van der Waals surface area contributed by atoms with E-state index in [0.717, 1.165) is 28.6 Å². The average Bonchev–Trinajstić information content (AvgIpc) is 3.25. The van der Waals surface area contributed by atoms with Crippen molar-refractivity contribution < 1.29 is 9.53 Å². The molecule has 0 aliphatic rings. The number of fused-ring (bicyclic) bond motifs is 1. The molecule has 1 amide bonds. The number of aryl methyl sites for hydroxylation is 2. The Kier molecular flexibility index (Phi) is 6.70. The van der Waals surface area contributed by atoms with Gasteiger partial charge in [0.25, 0.3) is 0 Å². The first-order valence-corrected chi connectivity index (χ1v) is 11.6. The molecule has 0 fully saturated rings. The van der Waals surface area contributed by atoms with Crippen molar-refractivity contribution in [3.63, 3.8) is 0 Å². The smallest absolute Gasteiger partial charge is 0.410 e. The third-order valence-corrected chi connectivity index (χ3v) is 6.36. The molecule has 0 N–H and O–H groups in total. The number of hydrogen-bond donors (Lipinski definition) is 0. The zero-order chi connectivity index (χ0) is 24.2. The number of ether oxygens (including phenoxy) is 1. The van der Waals surface area contributed by atoms with E-state index in [0.29, 0.717) is 24.4 Å². The third kappa shape index (κ3) is 4.53. The third-order valence-electron chi connectivity index (χ3n) is 6.36. The van der Waals surface area contributed by atoms with E-state index in [4.69, 9.17) is 4.74 Å². The van der Waals surface area contributed by atoms with Gasteiger partial charge in [-0.3, -0.25) is 0 Å². The quantitative estimate of drug-likeness (QED) is 0.328. The van der Waals surface area contributed by atoms with Gasteiger partial charge in [-0.25, -0.2) is 4.79 Å². The summed E-state index contributed by atoms with van der Waals surface area (Å²) in [6.07, 6.45) is 1.71. The molecule has 1 heterocycles. The van der Waals surface area contributed by atoms with E-state index in [1.807, 2.05) is 38.1 Å². The van der Waals surface area contributed by atoms with Gasteiger partial charge in [-0.1, -0.05) is 30.3 Å². The van der Waals surface area contributed by atoms with Crippen LogP contribution in [0.4, 0.5) is 4.79 Å². The van der Waals surface area contributed by atoms with Gasteiger partial charge in [-0.05, 0) is 80.3 Å². The fourth-order valence-corrected chi connectivity index (χ4v) is 4.22. The van der Waals surface area contributed by atoms with Gasteiger partial charge in [0.05, 0.1) is 11.6 Å². The summed E-state index contributed by atoms with van der Waals surface area (Å²) in [7, 11) is 0. The molecule has 5 nitrogen and oxygen atoms in total. The Labute approximate surface area is 200 Å². The SMILES string of the molecule is CCN(CC)C(=O)Oc1ccc2c(ccn2Cc2ccc(C)c(C)c2)c1-c1ccc(C#N)cc1. The molecule has 1 aromatic heterocycles. The van der Waals surface area contributed by atoms with Crippen molar-refractivity contribution >= 4 is 17.0 Å². The summed E-state index contributed by atoms with van der Waals surface area (Å²) < 4.78 is 8.09. The summed E-state index contributed by atoms with van der Waals surface area (Å²) >= 11 is 0. The minimum Gasteiger partial charge on any atom is -0.410 e. The second kappa shape index (κ2) is 9.84. The van der Waals surface area contributed by atoms with E-state index in [1.165, 1.54) is 16.7 Å². The van der Waals surface area contributed by atoms with E-state index in [1.54, 1.807) is 17.0 Å². The number of hydrogen-bond acceptors (Lipinski definition) is 3. The van der Waals surface area contributed by atoms with Gasteiger partial charge < -0.3 is 14.2 Å². The minimum absolute atomic E-state index is 0.367. The van der Waals surface area contributed by atoms with Crippen LogP contribution in [-0.4, -0.2) is 28.6 Å². The highest BCUT2D eigenvalue weighted by Gasteiger charge is 2.19. The Morgan fingerprint density at radius 2 is 1.71 bits per heavy atom. The molecule has 3 aromatic carbocycles. The van der Waals surface area contributed by atoms with Crippen LogP contribution in [0.3, 0.4) is 0 Å². The second-order valence-electron chi connectivity index (χ2n) is 8.46. The predicted octanol–water partition coefficient (Wildman–Crippen LogP) is 6.69.